The minimum atomic E-state index is -4.17. The van der Waals surface area contributed by atoms with Crippen LogP contribution in [0.5, 0.6) is 0 Å². The van der Waals surface area contributed by atoms with Crippen molar-refractivity contribution in [3.63, 3.8) is 0 Å². The lowest BCUT2D eigenvalue weighted by atomic mass is 9.89. The van der Waals surface area contributed by atoms with E-state index in [0.29, 0.717) is 52.0 Å². The second-order valence-corrected chi connectivity index (χ2v) is 12.0. The Hall–Kier alpha value is -1.67. The molecule has 2 atom stereocenters. The van der Waals surface area contributed by atoms with Crippen molar-refractivity contribution >= 4 is 16.9 Å². The van der Waals surface area contributed by atoms with Crippen LogP contribution in [-0.4, -0.2) is 76.7 Å². The molecule has 0 bridgehead atoms. The van der Waals surface area contributed by atoms with Crippen LogP contribution < -0.4 is 5.73 Å². The quantitative estimate of drug-likeness (QED) is 0.256. The predicted molar refractivity (Wildman–Crippen MR) is 153 cm³/mol. The van der Waals surface area contributed by atoms with E-state index >= 15 is 0 Å². The summed E-state index contributed by atoms with van der Waals surface area (Å²) in [5.41, 5.74) is 7.75. The van der Waals surface area contributed by atoms with E-state index < -0.39 is 34.2 Å². The van der Waals surface area contributed by atoms with Crippen LogP contribution in [0.3, 0.4) is 0 Å². The van der Waals surface area contributed by atoms with Crippen LogP contribution in [0, 0.1) is 24.2 Å². The predicted octanol–water partition coefficient (Wildman–Crippen LogP) is 5.23. The standard InChI is InChI=1S/C27H42F3N3O3S.C2H6/c1-5-21(2)23(7-6-12-27(28,29)30)9-8-22(3)24-10-15-33(16-11-24)37(35)26(25(31)34)13-17-32(18-14-26)19-20-36-4;1-2/h1,8-9,21,24H,6-7,10-20H2,2-4H3,(H2,31,34);1-2H3/b22-8+,23-9-;. The fraction of sp³-hybridized carbons (Fsp3) is 0.759. The lowest BCUT2D eigenvalue weighted by molar-refractivity contribution is -0.135. The van der Waals surface area contributed by atoms with Crippen LogP contribution in [0.25, 0.3) is 0 Å². The van der Waals surface area contributed by atoms with E-state index in [2.05, 4.69) is 10.8 Å². The van der Waals surface area contributed by atoms with Gasteiger partial charge in [0.2, 0.25) is 5.91 Å². The lowest BCUT2D eigenvalue weighted by Gasteiger charge is -2.42. The number of allylic oxidation sites excluding steroid dienone is 4. The molecule has 10 heteroatoms. The number of ether oxygens (including phenoxy) is 1. The van der Waals surface area contributed by atoms with E-state index in [9.17, 15) is 22.2 Å². The number of nitrogens with two attached hydrogens (primary N) is 1. The second kappa shape index (κ2) is 17.2. The van der Waals surface area contributed by atoms with E-state index in [0.717, 1.165) is 30.5 Å². The molecule has 0 spiro atoms. The van der Waals surface area contributed by atoms with Crippen molar-refractivity contribution in [1.29, 1.82) is 0 Å². The van der Waals surface area contributed by atoms with Crippen LogP contribution in [0.15, 0.2) is 23.3 Å². The smallest absolute Gasteiger partial charge is 0.383 e. The number of likely N-dealkylation sites (tertiary alicyclic amines) is 1. The van der Waals surface area contributed by atoms with Gasteiger partial charge in [-0.1, -0.05) is 43.1 Å². The molecule has 2 aliphatic rings. The van der Waals surface area contributed by atoms with E-state index in [1.54, 1.807) is 7.11 Å². The van der Waals surface area contributed by atoms with E-state index in [1.807, 2.05) is 44.2 Å². The van der Waals surface area contributed by atoms with Gasteiger partial charge in [0.05, 0.1) is 6.61 Å². The van der Waals surface area contributed by atoms with E-state index in [-0.39, 0.29) is 18.3 Å². The van der Waals surface area contributed by atoms with Gasteiger partial charge in [0, 0.05) is 52.2 Å². The SMILES string of the molecule is C#CC(C)/C(=C\C=C(/C)C1CCN(S(=O)C2(C(N)=O)CCN(CCOC)CC2)CC1)CCCC(F)(F)F.CC. The molecular formula is C29H48F3N3O3S. The number of terminal acetylenes is 1. The average Bonchev–Trinajstić information content (AvgIpc) is 2.93. The van der Waals surface area contributed by atoms with E-state index in [1.165, 1.54) is 0 Å². The van der Waals surface area contributed by atoms with Crippen molar-refractivity contribution in [1.82, 2.24) is 9.21 Å². The number of primary amides is 1. The zero-order valence-corrected chi connectivity index (χ0v) is 25.1. The topological polar surface area (TPSA) is 75.9 Å². The number of rotatable bonds is 12. The first-order valence-corrected chi connectivity index (χ1v) is 15.1. The Morgan fingerprint density at radius 1 is 1.21 bits per heavy atom. The molecule has 2 saturated heterocycles. The molecule has 2 N–H and O–H groups in total. The van der Waals surface area contributed by atoms with Gasteiger partial charge in [-0.2, -0.15) is 13.2 Å². The highest BCUT2D eigenvalue weighted by Gasteiger charge is 2.48. The van der Waals surface area contributed by atoms with Crippen molar-refractivity contribution in [3.05, 3.63) is 23.3 Å². The molecule has 2 unspecified atom stereocenters. The Morgan fingerprint density at radius 2 is 1.79 bits per heavy atom. The van der Waals surface area contributed by atoms with Crippen LogP contribution >= 0.6 is 0 Å². The molecule has 0 aromatic heterocycles. The molecule has 0 aliphatic carbocycles. The summed E-state index contributed by atoms with van der Waals surface area (Å²) in [6, 6.07) is 0. The summed E-state index contributed by atoms with van der Waals surface area (Å²) in [5.74, 6) is 2.16. The maximum atomic E-state index is 13.6. The van der Waals surface area contributed by atoms with Crippen molar-refractivity contribution in [3.8, 4) is 12.3 Å². The molecule has 6 nitrogen and oxygen atoms in total. The fourth-order valence-electron chi connectivity index (χ4n) is 5.01. The molecule has 0 saturated carbocycles. The first-order chi connectivity index (χ1) is 18.4. The number of hydrogen-bond acceptors (Lipinski definition) is 4. The third-order valence-electron chi connectivity index (χ3n) is 7.68. The summed E-state index contributed by atoms with van der Waals surface area (Å²) in [5, 5.41) is 0. The Kier molecular flexibility index (Phi) is 15.6. The van der Waals surface area contributed by atoms with Gasteiger partial charge in [-0.05, 0) is 58.3 Å². The van der Waals surface area contributed by atoms with Crippen molar-refractivity contribution < 1.29 is 26.9 Å². The first-order valence-electron chi connectivity index (χ1n) is 14.0. The van der Waals surface area contributed by atoms with Gasteiger partial charge in [-0.3, -0.25) is 4.79 Å². The zero-order chi connectivity index (χ0) is 29.6. The van der Waals surface area contributed by atoms with Gasteiger partial charge in [0.15, 0.2) is 0 Å². The molecule has 224 valence electrons. The van der Waals surface area contributed by atoms with Gasteiger partial charge in [0.1, 0.15) is 15.7 Å². The van der Waals surface area contributed by atoms with Gasteiger partial charge in [0.25, 0.3) is 0 Å². The lowest BCUT2D eigenvalue weighted by Crippen LogP contribution is -2.59. The summed E-state index contributed by atoms with van der Waals surface area (Å²) in [6.07, 6.45) is 7.21. The third kappa shape index (κ3) is 11.0. The molecule has 2 fully saturated rings. The fourth-order valence-corrected chi connectivity index (χ4v) is 6.75. The minimum absolute atomic E-state index is 0.0181. The molecule has 39 heavy (non-hydrogen) atoms. The number of methoxy groups -OCH3 is 1. The highest BCUT2D eigenvalue weighted by Crippen LogP contribution is 2.34. The molecule has 2 heterocycles. The molecular weight excluding hydrogens is 527 g/mol. The highest BCUT2D eigenvalue weighted by atomic mass is 32.2. The van der Waals surface area contributed by atoms with Crippen LogP contribution in [0.1, 0.15) is 72.6 Å². The monoisotopic (exact) mass is 575 g/mol. The number of amides is 1. The Labute approximate surface area is 236 Å². The van der Waals surface area contributed by atoms with Crippen LogP contribution in [0.4, 0.5) is 13.2 Å². The van der Waals surface area contributed by atoms with Gasteiger partial charge < -0.3 is 15.4 Å². The number of hydrogen-bond donors (Lipinski definition) is 1. The number of nitrogens with zero attached hydrogens (tertiary/aromatic N) is 2. The number of piperidine rings is 2. The Bertz CT molecular complexity index is 882. The number of alkyl halides is 3. The van der Waals surface area contributed by atoms with Crippen LogP contribution in [-0.2, 0) is 20.5 Å². The number of halogens is 3. The first kappa shape index (κ1) is 35.4. The van der Waals surface area contributed by atoms with Crippen molar-refractivity contribution in [2.75, 3.05) is 46.4 Å². The molecule has 0 radical (unpaired) electrons. The molecule has 0 aromatic rings. The molecule has 0 aromatic carbocycles. The average molecular weight is 576 g/mol. The highest BCUT2D eigenvalue weighted by molar-refractivity contribution is 7.85. The normalized spacial score (nSPS) is 21.4. The van der Waals surface area contributed by atoms with Crippen molar-refractivity contribution in [2.45, 2.75) is 83.6 Å². The molecule has 1 amide bonds. The maximum Gasteiger partial charge on any atom is 0.389 e. The number of carbonyl (C=O) groups is 1. The Balaban J connectivity index is 0.00000371. The zero-order valence-electron chi connectivity index (χ0n) is 24.3. The Morgan fingerprint density at radius 3 is 2.28 bits per heavy atom. The third-order valence-corrected chi connectivity index (χ3v) is 9.80. The van der Waals surface area contributed by atoms with Gasteiger partial charge in [-0.15, -0.1) is 6.42 Å². The summed E-state index contributed by atoms with van der Waals surface area (Å²) < 4.78 is 57.2. The van der Waals surface area contributed by atoms with Crippen LogP contribution in [0.2, 0.25) is 0 Å². The summed E-state index contributed by atoms with van der Waals surface area (Å²) in [4.78, 5) is 14.7. The maximum absolute atomic E-state index is 13.6. The summed E-state index contributed by atoms with van der Waals surface area (Å²) in [7, 11) is 0.147. The molecule has 2 aliphatic heterocycles. The summed E-state index contributed by atoms with van der Waals surface area (Å²) >= 11 is 0. The van der Waals surface area contributed by atoms with E-state index in [4.69, 9.17) is 16.9 Å². The molecule has 2 rings (SSSR count). The number of carbonyl (C=O) groups excluding carboxylic acids is 1. The van der Waals surface area contributed by atoms with Gasteiger partial charge >= 0.3 is 6.18 Å². The second-order valence-electron chi connectivity index (χ2n) is 10.2. The minimum Gasteiger partial charge on any atom is -0.383 e. The summed E-state index contributed by atoms with van der Waals surface area (Å²) in [6.45, 7) is 11.7. The van der Waals surface area contributed by atoms with Crippen molar-refractivity contribution in [2.24, 2.45) is 17.6 Å². The van der Waals surface area contributed by atoms with Gasteiger partial charge in [-0.25, -0.2) is 8.51 Å². The largest absolute Gasteiger partial charge is 0.389 e.